The number of hydrogen-bond acceptors (Lipinski definition) is 4. The summed E-state index contributed by atoms with van der Waals surface area (Å²) in [5.74, 6) is -0.393. The molecule has 0 saturated carbocycles. The molecule has 0 aliphatic carbocycles. The summed E-state index contributed by atoms with van der Waals surface area (Å²) in [6, 6.07) is 12.6. The minimum absolute atomic E-state index is 0.285. The summed E-state index contributed by atoms with van der Waals surface area (Å²) in [7, 11) is 0.212. The topological polar surface area (TPSA) is 69.7 Å². The van der Waals surface area contributed by atoms with Crippen LogP contribution in [0.1, 0.15) is 11.1 Å². The number of rotatable bonds is 6. The zero-order valence-corrected chi connectivity index (χ0v) is 16.6. The molecule has 2 aromatic carbocycles. The van der Waals surface area contributed by atoms with Gasteiger partial charge in [-0.15, -0.1) is 0 Å². The molecule has 0 unspecified atom stereocenters. The van der Waals surface area contributed by atoms with Gasteiger partial charge in [0.05, 0.1) is 11.9 Å². The Morgan fingerprint density at radius 3 is 2.04 bits per heavy atom. The van der Waals surface area contributed by atoms with Crippen LogP contribution in [0.2, 0.25) is 0 Å². The number of hydrogen-bond donors (Lipinski definition) is 1. The second-order valence-corrected chi connectivity index (χ2v) is 8.43. The van der Waals surface area contributed by atoms with Crippen molar-refractivity contribution >= 4 is 33.0 Å². The maximum atomic E-state index is 12.4. The highest BCUT2D eigenvalue weighted by atomic mass is 32.2. The highest BCUT2D eigenvalue weighted by molar-refractivity contribution is 7.92. The number of carbonyl (C=O) groups is 1. The molecule has 0 saturated heterocycles. The molecule has 0 aliphatic rings. The normalized spacial score (nSPS) is 11.1. The van der Waals surface area contributed by atoms with Gasteiger partial charge in [-0.25, -0.2) is 8.42 Å². The number of benzene rings is 2. The van der Waals surface area contributed by atoms with Gasteiger partial charge < -0.3 is 10.2 Å². The van der Waals surface area contributed by atoms with Crippen LogP contribution in [0.25, 0.3) is 0 Å². The van der Waals surface area contributed by atoms with E-state index in [2.05, 4.69) is 5.32 Å². The molecule has 0 aliphatic heterocycles. The first-order chi connectivity index (χ1) is 12.1. The van der Waals surface area contributed by atoms with Gasteiger partial charge in [0.1, 0.15) is 6.54 Å². The minimum Gasteiger partial charge on any atom is -0.378 e. The average Bonchev–Trinajstić information content (AvgIpc) is 2.55. The maximum absolute atomic E-state index is 12.4. The quantitative estimate of drug-likeness (QED) is 0.843. The fourth-order valence-electron chi connectivity index (χ4n) is 2.47. The summed E-state index contributed by atoms with van der Waals surface area (Å²) in [4.78, 5) is 14.3. The van der Waals surface area contributed by atoms with Gasteiger partial charge in [0.25, 0.3) is 0 Å². The van der Waals surface area contributed by atoms with Crippen LogP contribution in [0.5, 0.6) is 0 Å². The van der Waals surface area contributed by atoms with Crippen LogP contribution in [-0.4, -0.2) is 41.2 Å². The van der Waals surface area contributed by atoms with E-state index >= 15 is 0 Å². The number of anilines is 3. The first-order valence-electron chi connectivity index (χ1n) is 8.20. The van der Waals surface area contributed by atoms with Crippen molar-refractivity contribution in [3.8, 4) is 0 Å². The van der Waals surface area contributed by atoms with Crippen molar-refractivity contribution in [2.45, 2.75) is 13.8 Å². The van der Waals surface area contributed by atoms with Gasteiger partial charge >= 0.3 is 0 Å². The molecule has 0 radical (unpaired) electrons. The van der Waals surface area contributed by atoms with Crippen molar-refractivity contribution in [2.75, 3.05) is 41.4 Å². The van der Waals surface area contributed by atoms with E-state index in [0.29, 0.717) is 11.4 Å². The Kier molecular flexibility index (Phi) is 5.92. The van der Waals surface area contributed by atoms with E-state index in [-0.39, 0.29) is 6.54 Å². The zero-order valence-electron chi connectivity index (χ0n) is 15.8. The molecular formula is C19H25N3O3S. The van der Waals surface area contributed by atoms with Gasteiger partial charge in [-0.3, -0.25) is 9.10 Å². The van der Waals surface area contributed by atoms with E-state index in [1.165, 1.54) is 0 Å². The third-order valence-electron chi connectivity index (χ3n) is 4.13. The Morgan fingerprint density at radius 1 is 0.962 bits per heavy atom. The molecule has 2 aromatic rings. The van der Waals surface area contributed by atoms with Crippen LogP contribution in [-0.2, 0) is 14.8 Å². The lowest BCUT2D eigenvalue weighted by Crippen LogP contribution is -2.37. The number of nitrogens with zero attached hydrogens (tertiary/aromatic N) is 2. The van der Waals surface area contributed by atoms with E-state index in [9.17, 15) is 13.2 Å². The largest absolute Gasteiger partial charge is 0.378 e. The monoisotopic (exact) mass is 375 g/mol. The first kappa shape index (κ1) is 19.8. The van der Waals surface area contributed by atoms with E-state index < -0.39 is 15.9 Å². The van der Waals surface area contributed by atoms with Gasteiger partial charge in [-0.2, -0.15) is 0 Å². The third-order valence-corrected chi connectivity index (χ3v) is 5.27. The summed E-state index contributed by atoms with van der Waals surface area (Å²) < 4.78 is 25.4. The van der Waals surface area contributed by atoms with Gasteiger partial charge in [-0.05, 0) is 61.4 Å². The smallest absolute Gasteiger partial charge is 0.245 e. The minimum atomic E-state index is -3.59. The molecule has 2 rings (SSSR count). The van der Waals surface area contributed by atoms with Crippen molar-refractivity contribution in [3.63, 3.8) is 0 Å². The average molecular weight is 375 g/mol. The van der Waals surface area contributed by atoms with Crippen molar-refractivity contribution in [3.05, 3.63) is 53.6 Å². The summed E-state index contributed by atoms with van der Waals surface area (Å²) in [5.41, 5.74) is 4.23. The predicted octanol–water partition coefficient (Wildman–Crippen LogP) is 2.77. The van der Waals surface area contributed by atoms with E-state index in [0.717, 1.165) is 27.4 Å². The molecular weight excluding hydrogens is 350 g/mol. The lowest BCUT2D eigenvalue weighted by atomic mass is 10.1. The lowest BCUT2D eigenvalue weighted by molar-refractivity contribution is -0.114. The lowest BCUT2D eigenvalue weighted by Gasteiger charge is -2.23. The van der Waals surface area contributed by atoms with Crippen molar-refractivity contribution < 1.29 is 13.2 Å². The molecule has 140 valence electrons. The second kappa shape index (κ2) is 7.78. The van der Waals surface area contributed by atoms with E-state index in [1.807, 2.05) is 57.1 Å². The van der Waals surface area contributed by atoms with Crippen LogP contribution in [0.3, 0.4) is 0 Å². The van der Waals surface area contributed by atoms with Crippen molar-refractivity contribution in [2.24, 2.45) is 0 Å². The van der Waals surface area contributed by atoms with Crippen LogP contribution in [0, 0.1) is 13.8 Å². The van der Waals surface area contributed by atoms with Crippen LogP contribution < -0.4 is 14.5 Å². The number of nitrogens with one attached hydrogen (secondary N) is 1. The predicted molar refractivity (Wildman–Crippen MR) is 108 cm³/mol. The summed E-state index contributed by atoms with van der Waals surface area (Å²) >= 11 is 0. The number of sulfonamides is 1. The zero-order chi connectivity index (χ0) is 19.5. The van der Waals surface area contributed by atoms with Crippen LogP contribution in [0.15, 0.2) is 42.5 Å². The SMILES string of the molecule is Cc1ccc(NC(=O)CN(c2ccc(N(C)C)cc2)S(C)(=O)=O)cc1C. The Balaban J connectivity index is 2.19. The first-order valence-corrected chi connectivity index (χ1v) is 10.0. The fraction of sp³-hybridized carbons (Fsp3) is 0.316. The van der Waals surface area contributed by atoms with Gasteiger partial charge in [0, 0.05) is 25.5 Å². The third kappa shape index (κ3) is 4.98. The molecule has 7 heteroatoms. The molecule has 0 atom stereocenters. The highest BCUT2D eigenvalue weighted by Gasteiger charge is 2.21. The maximum Gasteiger partial charge on any atom is 0.245 e. The molecule has 6 nitrogen and oxygen atoms in total. The molecule has 0 bridgehead atoms. The molecule has 1 amide bonds. The Labute approximate surface area is 155 Å². The molecule has 0 fully saturated rings. The molecule has 0 heterocycles. The standard InChI is InChI=1S/C19H25N3O3S/c1-14-6-7-16(12-15(14)2)20-19(23)13-22(26(5,24)25)18-10-8-17(9-11-18)21(3)4/h6-12H,13H2,1-5H3,(H,20,23). The molecule has 0 spiro atoms. The number of carbonyl (C=O) groups excluding carboxylic acids is 1. The second-order valence-electron chi connectivity index (χ2n) is 6.53. The van der Waals surface area contributed by atoms with Crippen molar-refractivity contribution in [1.29, 1.82) is 0 Å². The summed E-state index contributed by atoms with van der Waals surface area (Å²) in [6.45, 7) is 3.66. The Morgan fingerprint density at radius 2 is 1.54 bits per heavy atom. The van der Waals surface area contributed by atoms with Crippen LogP contribution in [0.4, 0.5) is 17.1 Å². The summed E-state index contributed by atoms with van der Waals surface area (Å²) in [6.07, 6.45) is 1.09. The van der Waals surface area contributed by atoms with Crippen LogP contribution >= 0.6 is 0 Å². The molecule has 0 aromatic heterocycles. The Hall–Kier alpha value is -2.54. The van der Waals surface area contributed by atoms with E-state index in [1.54, 1.807) is 18.2 Å². The van der Waals surface area contributed by atoms with Crippen molar-refractivity contribution in [1.82, 2.24) is 0 Å². The fourth-order valence-corrected chi connectivity index (χ4v) is 3.32. The van der Waals surface area contributed by atoms with Gasteiger partial charge in [0.15, 0.2) is 0 Å². The van der Waals surface area contributed by atoms with E-state index in [4.69, 9.17) is 0 Å². The molecule has 1 N–H and O–H groups in total. The van der Waals surface area contributed by atoms with Gasteiger partial charge in [0.2, 0.25) is 15.9 Å². The van der Waals surface area contributed by atoms with Gasteiger partial charge in [-0.1, -0.05) is 6.07 Å². The Bertz CT molecular complexity index is 891. The number of amides is 1. The number of aryl methyl sites for hydroxylation is 2. The highest BCUT2D eigenvalue weighted by Crippen LogP contribution is 2.22. The summed E-state index contributed by atoms with van der Waals surface area (Å²) in [5, 5.41) is 2.76. The molecule has 26 heavy (non-hydrogen) atoms.